The molecule has 5 aromatic rings. The van der Waals surface area contributed by atoms with Gasteiger partial charge in [0.15, 0.2) is 0 Å². The summed E-state index contributed by atoms with van der Waals surface area (Å²) < 4.78 is 7.07. The first kappa shape index (κ1) is 27.3. The van der Waals surface area contributed by atoms with Gasteiger partial charge in [0.2, 0.25) is 0 Å². The topological polar surface area (TPSA) is 108 Å². The van der Waals surface area contributed by atoms with Gasteiger partial charge in [0, 0.05) is 23.7 Å². The van der Waals surface area contributed by atoms with Crippen molar-refractivity contribution in [3.05, 3.63) is 140 Å². The third-order valence-electron chi connectivity index (χ3n) is 7.08. The molecule has 0 N–H and O–H groups in total. The molecule has 1 atom stereocenters. The molecule has 41 heavy (non-hydrogen) atoms. The fraction of sp³-hybridized carbons (Fsp3) is 0.156. The van der Waals surface area contributed by atoms with E-state index < -0.39 is 16.9 Å². The fourth-order valence-electron chi connectivity index (χ4n) is 4.89. The highest BCUT2D eigenvalue weighted by Gasteiger charge is 2.29. The first-order valence-electron chi connectivity index (χ1n) is 13.0. The van der Waals surface area contributed by atoms with E-state index in [1.54, 1.807) is 79.4 Å². The Kier molecular flexibility index (Phi) is 7.60. The number of ether oxygens (including phenoxy) is 1. The summed E-state index contributed by atoms with van der Waals surface area (Å²) in [5.41, 5.74) is 1.99. The number of nitro groups is 1. The zero-order valence-corrected chi connectivity index (χ0v) is 22.9. The summed E-state index contributed by atoms with van der Waals surface area (Å²) in [4.78, 5) is 45.7. The molecule has 0 aliphatic heterocycles. The molecular weight excluding hydrogens is 520 g/mol. The Hall–Kier alpha value is -5.31. The molecular formula is C32H28N4O5. The molecule has 1 unspecified atom stereocenters. The van der Waals surface area contributed by atoms with E-state index >= 15 is 0 Å². The minimum Gasteiger partial charge on any atom is -0.495 e. The maximum absolute atomic E-state index is 14.1. The van der Waals surface area contributed by atoms with Crippen LogP contribution in [0.3, 0.4) is 0 Å². The molecule has 0 saturated carbocycles. The molecule has 0 bridgehead atoms. The Bertz CT molecular complexity index is 1820. The summed E-state index contributed by atoms with van der Waals surface area (Å²) in [5, 5.41) is 12.1. The van der Waals surface area contributed by atoms with E-state index in [0.29, 0.717) is 33.7 Å². The van der Waals surface area contributed by atoms with E-state index in [9.17, 15) is 19.7 Å². The van der Waals surface area contributed by atoms with Crippen molar-refractivity contribution in [2.45, 2.75) is 26.4 Å². The van der Waals surface area contributed by atoms with E-state index in [0.717, 1.165) is 5.56 Å². The van der Waals surface area contributed by atoms with Gasteiger partial charge in [0.1, 0.15) is 11.6 Å². The molecule has 4 aromatic carbocycles. The van der Waals surface area contributed by atoms with Crippen LogP contribution in [0.1, 0.15) is 40.3 Å². The Balaban J connectivity index is 1.73. The molecule has 0 fully saturated rings. The number of carbonyl (C=O) groups is 1. The van der Waals surface area contributed by atoms with Crippen LogP contribution in [0.2, 0.25) is 0 Å². The van der Waals surface area contributed by atoms with Crippen molar-refractivity contribution in [2.75, 3.05) is 7.11 Å². The van der Waals surface area contributed by atoms with Crippen LogP contribution < -0.4 is 10.3 Å². The predicted molar refractivity (Wildman–Crippen MR) is 156 cm³/mol. The highest BCUT2D eigenvalue weighted by molar-refractivity contribution is 5.95. The van der Waals surface area contributed by atoms with Gasteiger partial charge < -0.3 is 9.64 Å². The Morgan fingerprint density at radius 1 is 1.00 bits per heavy atom. The third-order valence-corrected chi connectivity index (χ3v) is 7.08. The largest absolute Gasteiger partial charge is 0.495 e. The maximum atomic E-state index is 14.1. The second kappa shape index (κ2) is 11.4. The van der Waals surface area contributed by atoms with Gasteiger partial charge in [0.25, 0.3) is 17.2 Å². The van der Waals surface area contributed by atoms with Crippen LogP contribution in [0, 0.1) is 17.0 Å². The van der Waals surface area contributed by atoms with Gasteiger partial charge in [-0.15, -0.1) is 0 Å². The molecule has 0 aliphatic carbocycles. The van der Waals surface area contributed by atoms with E-state index in [2.05, 4.69) is 0 Å². The Morgan fingerprint density at radius 3 is 2.41 bits per heavy atom. The van der Waals surface area contributed by atoms with Gasteiger partial charge in [0.05, 0.1) is 34.7 Å². The summed E-state index contributed by atoms with van der Waals surface area (Å²) in [6, 6.07) is 27.3. The summed E-state index contributed by atoms with van der Waals surface area (Å²) >= 11 is 0. The van der Waals surface area contributed by atoms with E-state index in [1.165, 1.54) is 17.7 Å². The number of hydrogen-bond acceptors (Lipinski definition) is 6. The lowest BCUT2D eigenvalue weighted by molar-refractivity contribution is -0.385. The summed E-state index contributed by atoms with van der Waals surface area (Å²) in [5.74, 6) is 0.359. The number of nitro benzene ring substituents is 1. The van der Waals surface area contributed by atoms with Crippen LogP contribution in [0.15, 0.2) is 102 Å². The van der Waals surface area contributed by atoms with Crippen LogP contribution in [0.25, 0.3) is 16.6 Å². The van der Waals surface area contributed by atoms with Gasteiger partial charge in [-0.3, -0.25) is 24.3 Å². The maximum Gasteiger partial charge on any atom is 0.273 e. The molecule has 1 aromatic heterocycles. The van der Waals surface area contributed by atoms with Gasteiger partial charge in [-0.2, -0.15) is 0 Å². The average Bonchev–Trinajstić information content (AvgIpc) is 3.00. The lowest BCUT2D eigenvalue weighted by atomic mass is 10.1. The summed E-state index contributed by atoms with van der Waals surface area (Å²) in [6.07, 6.45) is 0. The van der Waals surface area contributed by atoms with Crippen molar-refractivity contribution in [3.8, 4) is 11.4 Å². The first-order valence-corrected chi connectivity index (χ1v) is 13.0. The van der Waals surface area contributed by atoms with Gasteiger partial charge in [-0.1, -0.05) is 60.7 Å². The van der Waals surface area contributed by atoms with Crippen molar-refractivity contribution in [2.24, 2.45) is 0 Å². The zero-order valence-electron chi connectivity index (χ0n) is 22.9. The van der Waals surface area contributed by atoms with Crippen LogP contribution >= 0.6 is 0 Å². The Labute approximate surface area is 236 Å². The molecule has 5 rings (SSSR count). The minimum atomic E-state index is -0.731. The molecule has 9 heteroatoms. The number of rotatable bonds is 8. The first-order chi connectivity index (χ1) is 19.8. The number of nitrogens with zero attached hydrogens (tertiary/aromatic N) is 4. The van der Waals surface area contributed by atoms with Crippen molar-refractivity contribution in [1.29, 1.82) is 0 Å². The number of hydrogen-bond donors (Lipinski definition) is 0. The third kappa shape index (κ3) is 5.29. The number of para-hydroxylation sites is 3. The van der Waals surface area contributed by atoms with E-state index in [4.69, 9.17) is 9.72 Å². The van der Waals surface area contributed by atoms with E-state index in [-0.39, 0.29) is 23.4 Å². The highest BCUT2D eigenvalue weighted by atomic mass is 16.6. The lowest BCUT2D eigenvalue weighted by Gasteiger charge is -2.31. The number of carbonyl (C=O) groups excluding carboxylic acids is 1. The quantitative estimate of drug-likeness (QED) is 0.173. The number of aryl methyl sites for hydroxylation is 1. The molecule has 1 heterocycles. The molecule has 0 saturated heterocycles. The fourth-order valence-corrected chi connectivity index (χ4v) is 4.89. The Morgan fingerprint density at radius 2 is 1.68 bits per heavy atom. The monoisotopic (exact) mass is 548 g/mol. The van der Waals surface area contributed by atoms with Crippen molar-refractivity contribution in [3.63, 3.8) is 0 Å². The summed E-state index contributed by atoms with van der Waals surface area (Å²) in [7, 11) is 1.52. The molecule has 206 valence electrons. The predicted octanol–water partition coefficient (Wildman–Crippen LogP) is 6.01. The van der Waals surface area contributed by atoms with Crippen LogP contribution in [-0.4, -0.2) is 32.4 Å². The zero-order chi connectivity index (χ0) is 29.1. The average molecular weight is 549 g/mol. The van der Waals surface area contributed by atoms with Gasteiger partial charge in [-0.05, 0) is 49.7 Å². The standard InChI is InChI=1S/C32H28N4O5/c1-21-17-18-24(19-28(21)36(39)40)31(37)34(20-23-11-5-4-6-12-23)22(2)30-33-26-14-8-7-13-25(26)32(38)35(30)27-15-9-10-16-29(27)41-3/h4-19,22H,20H2,1-3H3. The van der Waals surface area contributed by atoms with Crippen molar-refractivity contribution >= 4 is 22.5 Å². The molecule has 1 amide bonds. The van der Waals surface area contributed by atoms with Crippen molar-refractivity contribution in [1.82, 2.24) is 14.5 Å². The summed E-state index contributed by atoms with van der Waals surface area (Å²) in [6.45, 7) is 3.60. The lowest BCUT2D eigenvalue weighted by Crippen LogP contribution is -2.37. The number of benzene rings is 4. The molecule has 0 aliphatic rings. The number of aromatic nitrogens is 2. The van der Waals surface area contributed by atoms with Gasteiger partial charge in [-0.25, -0.2) is 4.98 Å². The molecule has 9 nitrogen and oxygen atoms in total. The van der Waals surface area contributed by atoms with Crippen molar-refractivity contribution < 1.29 is 14.5 Å². The number of fused-ring (bicyclic) bond motifs is 1. The smallest absolute Gasteiger partial charge is 0.273 e. The number of methoxy groups -OCH3 is 1. The SMILES string of the molecule is COc1ccccc1-n1c(C(C)N(Cc2ccccc2)C(=O)c2ccc(C)c([N+](=O)[O-])c2)nc2ccccc2c1=O. The van der Waals surface area contributed by atoms with Gasteiger partial charge >= 0.3 is 0 Å². The molecule has 0 spiro atoms. The van der Waals surface area contributed by atoms with Crippen LogP contribution in [0.4, 0.5) is 5.69 Å². The second-order valence-corrected chi connectivity index (χ2v) is 9.65. The molecule has 0 radical (unpaired) electrons. The van der Waals surface area contributed by atoms with Crippen LogP contribution in [0.5, 0.6) is 5.75 Å². The van der Waals surface area contributed by atoms with E-state index in [1.807, 2.05) is 30.3 Å². The second-order valence-electron chi connectivity index (χ2n) is 9.65. The number of amides is 1. The minimum absolute atomic E-state index is 0.141. The van der Waals surface area contributed by atoms with Crippen LogP contribution in [-0.2, 0) is 6.54 Å². The normalized spacial score (nSPS) is 11.7. The highest BCUT2D eigenvalue weighted by Crippen LogP contribution is 2.30.